The molecule has 0 spiro atoms. The Kier molecular flexibility index (Phi) is 6.14. The number of carbonyl (C=O) groups is 3. The lowest BCUT2D eigenvalue weighted by atomic mass is 9.68. The number of hydrogen-bond donors (Lipinski definition) is 2. The average Bonchev–Trinajstić information content (AvgIpc) is 3.61. The quantitative estimate of drug-likeness (QED) is 0.495. The Labute approximate surface area is 227 Å². The molecule has 2 N–H and O–H groups in total. The molecule has 9 nitrogen and oxygen atoms in total. The zero-order valence-corrected chi connectivity index (χ0v) is 23.1. The first-order valence-electron chi connectivity index (χ1n) is 12.9. The number of H-pyrrole nitrogens is 1. The average molecular weight is 559 g/mol. The monoisotopic (exact) mass is 558 g/mol. The number of aliphatic carboxylic acids is 1. The number of aromatic amines is 1. The predicted octanol–water partition coefficient (Wildman–Crippen LogP) is 3.43. The summed E-state index contributed by atoms with van der Waals surface area (Å²) in [5.41, 5.74) is 0.968. The van der Waals surface area contributed by atoms with Gasteiger partial charge in [-0.05, 0) is 54.2 Å². The molecule has 2 amide bonds. The number of benzene rings is 1. The lowest BCUT2D eigenvalue weighted by Crippen LogP contribution is -2.47. The van der Waals surface area contributed by atoms with Crippen molar-refractivity contribution in [2.45, 2.75) is 48.9 Å². The molecular weight excluding hydrogens is 528 g/mol. The molecule has 38 heavy (non-hydrogen) atoms. The summed E-state index contributed by atoms with van der Waals surface area (Å²) in [6.07, 6.45) is 0.976. The van der Waals surface area contributed by atoms with E-state index < -0.39 is 23.8 Å². The molecule has 202 valence electrons. The van der Waals surface area contributed by atoms with Crippen LogP contribution in [0, 0.1) is 35.5 Å². The Morgan fingerprint density at radius 3 is 2.42 bits per heavy atom. The van der Waals surface area contributed by atoms with Crippen molar-refractivity contribution in [3.63, 3.8) is 0 Å². The van der Waals surface area contributed by atoms with Crippen LogP contribution in [-0.4, -0.2) is 58.3 Å². The maximum Gasteiger partial charge on any atom is 0.326 e. The fourth-order valence-corrected chi connectivity index (χ4v) is 10.4. The van der Waals surface area contributed by atoms with Crippen molar-refractivity contribution in [2.75, 3.05) is 14.2 Å². The normalized spacial score (nSPS) is 31.8. The number of nitrogens with one attached hydrogen (secondary N) is 1. The van der Waals surface area contributed by atoms with E-state index in [1.807, 2.05) is 32.0 Å². The Balaban J connectivity index is 1.43. The van der Waals surface area contributed by atoms with Gasteiger partial charge < -0.3 is 19.6 Å². The van der Waals surface area contributed by atoms with Crippen molar-refractivity contribution in [3.05, 3.63) is 38.3 Å². The van der Waals surface area contributed by atoms with Gasteiger partial charge in [0, 0.05) is 16.0 Å². The van der Waals surface area contributed by atoms with Crippen LogP contribution in [0.25, 0.3) is 0 Å². The molecule has 2 aliphatic heterocycles. The lowest BCUT2D eigenvalue weighted by Gasteiger charge is -2.43. The number of ether oxygens (including phenoxy) is 2. The molecule has 11 heteroatoms. The highest BCUT2D eigenvalue weighted by atomic mass is 32.2. The number of carbonyl (C=O) groups excluding carboxylic acids is 2. The summed E-state index contributed by atoms with van der Waals surface area (Å²) in [4.78, 5) is 57.0. The van der Waals surface area contributed by atoms with Gasteiger partial charge in [0.2, 0.25) is 11.8 Å². The highest BCUT2D eigenvalue weighted by Crippen LogP contribution is 2.68. The minimum atomic E-state index is -1.14. The zero-order valence-electron chi connectivity index (χ0n) is 21.5. The van der Waals surface area contributed by atoms with Crippen LogP contribution >= 0.6 is 23.1 Å². The molecule has 0 radical (unpaired) electrons. The summed E-state index contributed by atoms with van der Waals surface area (Å²) >= 11 is 2.80. The van der Waals surface area contributed by atoms with Gasteiger partial charge in [-0.2, -0.15) is 0 Å². The number of rotatable bonds is 7. The molecule has 3 heterocycles. The number of carboxylic acids is 1. The molecule has 1 aromatic carbocycles. The van der Waals surface area contributed by atoms with E-state index in [1.165, 1.54) is 11.3 Å². The van der Waals surface area contributed by atoms with Gasteiger partial charge in [0.25, 0.3) is 0 Å². The molecule has 2 aromatic rings. The zero-order chi connectivity index (χ0) is 27.0. The van der Waals surface area contributed by atoms with E-state index in [-0.39, 0.29) is 57.9 Å². The number of aromatic nitrogens is 1. The first kappa shape index (κ1) is 25.5. The highest BCUT2D eigenvalue weighted by molar-refractivity contribution is 8.00. The van der Waals surface area contributed by atoms with Crippen molar-refractivity contribution in [2.24, 2.45) is 35.5 Å². The predicted molar refractivity (Wildman–Crippen MR) is 141 cm³/mol. The Hall–Kier alpha value is -2.79. The van der Waals surface area contributed by atoms with Gasteiger partial charge in [-0.15, -0.1) is 11.8 Å². The number of thiazole rings is 1. The van der Waals surface area contributed by atoms with Crippen molar-refractivity contribution in [1.82, 2.24) is 9.88 Å². The molecule has 3 fully saturated rings. The van der Waals surface area contributed by atoms with Gasteiger partial charge in [0.05, 0.1) is 31.1 Å². The fraction of sp³-hybridized carbons (Fsp3) is 0.556. The Morgan fingerprint density at radius 1 is 1.11 bits per heavy atom. The number of imide groups is 1. The van der Waals surface area contributed by atoms with E-state index in [4.69, 9.17) is 9.47 Å². The molecule has 6 rings (SSSR count). The number of nitrogens with zero attached hydrogens (tertiary/aromatic N) is 1. The molecule has 8 atom stereocenters. The van der Waals surface area contributed by atoms with Crippen LogP contribution in [-0.2, 0) is 14.4 Å². The van der Waals surface area contributed by atoms with E-state index >= 15 is 0 Å². The molecule has 1 saturated heterocycles. The minimum Gasteiger partial charge on any atom is -0.493 e. The standard InChI is InChI=1S/C27H30N2O7S2/c1-10(2)7-14(26(32)33)29-24(30)19-12-9-13(20(19)25(29)31)21-18(12)17(22-23(37-21)28-27(34)38-22)11-5-6-15(35-3)16(8-11)36-4/h5-6,8,10,12-14,17-21H,7,9H2,1-4H3,(H,28,34)(H,32,33)/t12-,13+,14-,17+,18+,19+,20+,21-/m1/s1. The van der Waals surface area contributed by atoms with E-state index in [0.717, 1.165) is 26.8 Å². The van der Waals surface area contributed by atoms with Crippen LogP contribution in [0.3, 0.4) is 0 Å². The summed E-state index contributed by atoms with van der Waals surface area (Å²) in [6, 6.07) is 4.62. The van der Waals surface area contributed by atoms with E-state index in [2.05, 4.69) is 4.98 Å². The fourth-order valence-electron chi connectivity index (χ4n) is 7.53. The highest BCUT2D eigenvalue weighted by Gasteiger charge is 2.70. The minimum absolute atomic E-state index is 0.0216. The molecule has 0 unspecified atom stereocenters. The van der Waals surface area contributed by atoms with Crippen molar-refractivity contribution in [3.8, 4) is 11.5 Å². The summed E-state index contributed by atoms with van der Waals surface area (Å²) < 4.78 is 11.0. The number of likely N-dealkylation sites (tertiary alicyclic amines) is 1. The third kappa shape index (κ3) is 3.57. The van der Waals surface area contributed by atoms with Crippen LogP contribution in [0.2, 0.25) is 0 Å². The molecular formula is C27H30N2O7S2. The largest absolute Gasteiger partial charge is 0.493 e. The first-order chi connectivity index (χ1) is 18.2. The summed E-state index contributed by atoms with van der Waals surface area (Å²) in [6.45, 7) is 3.78. The maximum absolute atomic E-state index is 13.8. The summed E-state index contributed by atoms with van der Waals surface area (Å²) in [5, 5.41) is 10.8. The van der Waals surface area contributed by atoms with Crippen molar-refractivity contribution in [1.29, 1.82) is 0 Å². The van der Waals surface area contributed by atoms with Crippen LogP contribution in [0.15, 0.2) is 28.0 Å². The van der Waals surface area contributed by atoms with Gasteiger partial charge in [0.15, 0.2) is 11.5 Å². The van der Waals surface area contributed by atoms with E-state index in [9.17, 15) is 24.3 Å². The van der Waals surface area contributed by atoms with E-state index in [1.54, 1.807) is 26.0 Å². The molecule has 4 aliphatic rings. The molecule has 2 saturated carbocycles. The number of amides is 2. The summed E-state index contributed by atoms with van der Waals surface area (Å²) in [5.74, 6) is -1.92. The van der Waals surface area contributed by atoms with Crippen molar-refractivity contribution >= 4 is 40.9 Å². The SMILES string of the molecule is COc1ccc([C@@H]2c3sc(=O)[nH]c3S[C@@H]3[C@H]4C[C@@H]([C@@H]5C(=O)N([C@H](CC(C)C)C(=O)O)C(=O)[C@@H]45)[C@@H]23)cc1OC. The van der Waals surface area contributed by atoms with Crippen molar-refractivity contribution < 1.29 is 29.0 Å². The van der Waals surface area contributed by atoms with Gasteiger partial charge >= 0.3 is 10.8 Å². The third-order valence-electron chi connectivity index (χ3n) is 8.82. The van der Waals surface area contributed by atoms with Gasteiger partial charge in [-0.1, -0.05) is 31.3 Å². The molecule has 1 aromatic heterocycles. The van der Waals surface area contributed by atoms with Crippen LogP contribution in [0.4, 0.5) is 0 Å². The summed E-state index contributed by atoms with van der Waals surface area (Å²) in [7, 11) is 3.16. The number of fused-ring (bicyclic) bond motifs is 9. The molecule has 2 aliphatic carbocycles. The Morgan fingerprint density at radius 2 is 1.79 bits per heavy atom. The van der Waals surface area contributed by atoms with Gasteiger partial charge in [-0.25, -0.2) is 4.79 Å². The van der Waals surface area contributed by atoms with Crippen LogP contribution in [0.1, 0.15) is 43.0 Å². The smallest absolute Gasteiger partial charge is 0.326 e. The van der Waals surface area contributed by atoms with E-state index in [0.29, 0.717) is 11.5 Å². The topological polar surface area (TPSA) is 126 Å². The number of carboxylic acid groups (broad SMARTS) is 1. The Bertz CT molecular complexity index is 1380. The number of methoxy groups -OCH3 is 2. The number of thioether (sulfide) groups is 1. The third-order valence-corrected chi connectivity index (χ3v) is 11.4. The van der Waals surface area contributed by atoms with Crippen LogP contribution in [0.5, 0.6) is 11.5 Å². The second kappa shape index (κ2) is 9.15. The first-order valence-corrected chi connectivity index (χ1v) is 14.6. The van der Waals surface area contributed by atoms with Crippen LogP contribution < -0.4 is 14.3 Å². The second-order valence-corrected chi connectivity index (χ2v) is 13.3. The lowest BCUT2D eigenvalue weighted by molar-refractivity contribution is -0.156. The second-order valence-electron chi connectivity index (χ2n) is 11.1. The number of hydrogen-bond acceptors (Lipinski definition) is 8. The van der Waals surface area contributed by atoms with Gasteiger partial charge in [0.1, 0.15) is 6.04 Å². The van der Waals surface area contributed by atoms with Gasteiger partial charge in [-0.3, -0.25) is 19.3 Å². The molecule has 2 bridgehead atoms. The maximum atomic E-state index is 13.8.